The number of benzene rings is 1. The van der Waals surface area contributed by atoms with E-state index in [0.29, 0.717) is 18.7 Å². The highest BCUT2D eigenvalue weighted by Gasteiger charge is 2.27. The molecule has 0 atom stereocenters. The molecule has 7 heteroatoms. The van der Waals surface area contributed by atoms with Gasteiger partial charge in [-0.2, -0.15) is 4.31 Å². The smallest absolute Gasteiger partial charge is 0.243 e. The topological polar surface area (TPSA) is 66.6 Å². The first-order valence-corrected chi connectivity index (χ1v) is 7.84. The van der Waals surface area contributed by atoms with Crippen molar-refractivity contribution in [2.24, 2.45) is 5.73 Å². The van der Waals surface area contributed by atoms with Gasteiger partial charge in [-0.3, -0.25) is 0 Å². The molecule has 1 fully saturated rings. The van der Waals surface area contributed by atoms with Crippen LogP contribution in [0.1, 0.15) is 5.56 Å². The van der Waals surface area contributed by atoms with Gasteiger partial charge < -0.3 is 10.6 Å². The summed E-state index contributed by atoms with van der Waals surface area (Å²) >= 11 is 4.88. The van der Waals surface area contributed by atoms with Crippen LogP contribution in [0.2, 0.25) is 0 Å². The van der Waals surface area contributed by atoms with E-state index in [1.807, 2.05) is 7.05 Å². The molecule has 1 aliphatic rings. The summed E-state index contributed by atoms with van der Waals surface area (Å²) in [5.74, 6) is 0. The van der Waals surface area contributed by atoms with Crippen molar-refractivity contribution < 1.29 is 8.42 Å². The molecule has 1 saturated heterocycles. The number of hydrogen-bond donors (Lipinski definition) is 1. The number of nitrogens with zero attached hydrogens (tertiary/aromatic N) is 2. The summed E-state index contributed by atoms with van der Waals surface area (Å²) in [7, 11) is -1.47. The maximum atomic E-state index is 12.5. The Kier molecular flexibility index (Phi) is 4.19. The summed E-state index contributed by atoms with van der Waals surface area (Å²) in [5, 5.41) is 0. The Morgan fingerprint density at radius 1 is 1.26 bits per heavy atom. The third-order valence-electron chi connectivity index (χ3n) is 3.22. The third-order valence-corrected chi connectivity index (χ3v) is 5.35. The number of piperazine rings is 1. The minimum Gasteiger partial charge on any atom is -0.389 e. The zero-order valence-electron chi connectivity index (χ0n) is 10.7. The van der Waals surface area contributed by atoms with Gasteiger partial charge in [-0.15, -0.1) is 0 Å². The van der Waals surface area contributed by atoms with Gasteiger partial charge in [-0.25, -0.2) is 8.42 Å². The Balaban J connectivity index is 2.29. The Labute approximate surface area is 119 Å². The minimum atomic E-state index is -3.45. The van der Waals surface area contributed by atoms with E-state index in [0.717, 1.165) is 13.1 Å². The molecule has 0 spiro atoms. The summed E-state index contributed by atoms with van der Waals surface area (Å²) in [6.07, 6.45) is 0. The zero-order valence-corrected chi connectivity index (χ0v) is 12.4. The maximum absolute atomic E-state index is 12.5. The van der Waals surface area contributed by atoms with E-state index in [1.54, 1.807) is 18.2 Å². The van der Waals surface area contributed by atoms with E-state index in [4.69, 9.17) is 18.0 Å². The molecule has 0 unspecified atom stereocenters. The molecule has 0 aliphatic carbocycles. The molecule has 1 aliphatic heterocycles. The first-order chi connectivity index (χ1) is 8.91. The standard InChI is InChI=1S/C12H17N3O2S2/c1-14-5-7-15(8-6-14)19(16,17)11-4-2-3-10(9-11)12(13)18/h2-4,9H,5-8H2,1H3,(H2,13,18). The normalized spacial score (nSPS) is 18.4. The van der Waals surface area contributed by atoms with E-state index < -0.39 is 10.0 Å². The molecule has 0 saturated carbocycles. The molecule has 0 aromatic heterocycles. The zero-order chi connectivity index (χ0) is 14.0. The number of sulfonamides is 1. The van der Waals surface area contributed by atoms with Crippen molar-refractivity contribution >= 4 is 27.2 Å². The fraction of sp³-hybridized carbons (Fsp3) is 0.417. The summed E-state index contributed by atoms with van der Waals surface area (Å²) in [6.45, 7) is 2.51. The average Bonchev–Trinajstić information content (AvgIpc) is 2.39. The first-order valence-electron chi connectivity index (χ1n) is 6.00. The Morgan fingerprint density at radius 2 is 1.89 bits per heavy atom. The Bertz CT molecular complexity index is 578. The SMILES string of the molecule is CN1CCN(S(=O)(=O)c2cccc(C(N)=S)c2)CC1. The van der Waals surface area contributed by atoms with E-state index in [2.05, 4.69) is 4.90 Å². The molecule has 2 rings (SSSR count). The van der Waals surface area contributed by atoms with E-state index in [9.17, 15) is 8.42 Å². The first kappa shape index (κ1) is 14.4. The molecule has 1 aromatic carbocycles. The highest BCUT2D eigenvalue weighted by Crippen LogP contribution is 2.18. The van der Waals surface area contributed by atoms with Crippen LogP contribution in [0.3, 0.4) is 0 Å². The monoisotopic (exact) mass is 299 g/mol. The van der Waals surface area contributed by atoms with E-state index in [1.165, 1.54) is 10.4 Å². The van der Waals surface area contributed by atoms with Gasteiger partial charge in [0.25, 0.3) is 0 Å². The van der Waals surface area contributed by atoms with E-state index >= 15 is 0 Å². The van der Waals surface area contributed by atoms with Crippen molar-refractivity contribution in [2.45, 2.75) is 4.90 Å². The van der Waals surface area contributed by atoms with Crippen molar-refractivity contribution in [2.75, 3.05) is 33.2 Å². The van der Waals surface area contributed by atoms with Gasteiger partial charge in [-0.05, 0) is 19.2 Å². The quantitative estimate of drug-likeness (QED) is 0.811. The molecule has 0 radical (unpaired) electrons. The van der Waals surface area contributed by atoms with Crippen molar-refractivity contribution in [1.29, 1.82) is 0 Å². The van der Waals surface area contributed by atoms with Crippen LogP contribution in [0, 0.1) is 0 Å². The number of rotatable bonds is 3. The van der Waals surface area contributed by atoms with Crippen LogP contribution in [0.25, 0.3) is 0 Å². The van der Waals surface area contributed by atoms with E-state index in [-0.39, 0.29) is 9.88 Å². The summed E-state index contributed by atoms with van der Waals surface area (Å²) in [4.78, 5) is 2.56. The summed E-state index contributed by atoms with van der Waals surface area (Å²) in [5.41, 5.74) is 6.11. The van der Waals surface area contributed by atoms with Crippen molar-refractivity contribution in [1.82, 2.24) is 9.21 Å². The van der Waals surface area contributed by atoms with Gasteiger partial charge in [0.2, 0.25) is 10.0 Å². The van der Waals surface area contributed by atoms with Crippen LogP contribution in [-0.4, -0.2) is 55.8 Å². The molecule has 2 N–H and O–H groups in total. The molecule has 1 heterocycles. The lowest BCUT2D eigenvalue weighted by atomic mass is 10.2. The number of thiocarbonyl (C=S) groups is 1. The van der Waals surface area contributed by atoms with Crippen LogP contribution < -0.4 is 5.73 Å². The number of nitrogens with two attached hydrogens (primary N) is 1. The molecular weight excluding hydrogens is 282 g/mol. The maximum Gasteiger partial charge on any atom is 0.243 e. The van der Waals surface area contributed by atoms with Gasteiger partial charge in [0.15, 0.2) is 0 Å². The highest BCUT2D eigenvalue weighted by molar-refractivity contribution is 7.89. The molecular formula is C12H17N3O2S2. The minimum absolute atomic E-state index is 0.204. The molecule has 1 aromatic rings. The number of hydrogen-bond acceptors (Lipinski definition) is 4. The largest absolute Gasteiger partial charge is 0.389 e. The molecule has 0 bridgehead atoms. The lowest BCUT2D eigenvalue weighted by Crippen LogP contribution is -2.47. The van der Waals surface area contributed by atoms with Crippen LogP contribution in [-0.2, 0) is 10.0 Å². The molecule has 104 valence electrons. The number of likely N-dealkylation sites (N-methyl/N-ethyl adjacent to an activating group) is 1. The summed E-state index contributed by atoms with van der Waals surface area (Å²) in [6, 6.07) is 6.49. The van der Waals surface area contributed by atoms with Crippen molar-refractivity contribution in [3.05, 3.63) is 29.8 Å². The average molecular weight is 299 g/mol. The fourth-order valence-electron chi connectivity index (χ4n) is 1.99. The van der Waals surface area contributed by atoms with Crippen LogP contribution in [0.5, 0.6) is 0 Å². The van der Waals surface area contributed by atoms with Gasteiger partial charge >= 0.3 is 0 Å². The third kappa shape index (κ3) is 3.11. The van der Waals surface area contributed by atoms with Gasteiger partial charge in [0.05, 0.1) is 4.90 Å². The Morgan fingerprint density at radius 3 is 2.47 bits per heavy atom. The summed E-state index contributed by atoms with van der Waals surface area (Å²) < 4.78 is 26.5. The lowest BCUT2D eigenvalue weighted by Gasteiger charge is -2.31. The second-order valence-electron chi connectivity index (χ2n) is 4.60. The molecule has 0 amide bonds. The van der Waals surface area contributed by atoms with Crippen molar-refractivity contribution in [3.8, 4) is 0 Å². The fourth-order valence-corrected chi connectivity index (χ4v) is 3.58. The van der Waals surface area contributed by atoms with Crippen LogP contribution in [0.4, 0.5) is 0 Å². The predicted molar refractivity (Wildman–Crippen MR) is 78.6 cm³/mol. The second-order valence-corrected chi connectivity index (χ2v) is 6.98. The van der Waals surface area contributed by atoms with Crippen LogP contribution >= 0.6 is 12.2 Å². The molecule has 5 nitrogen and oxygen atoms in total. The van der Waals surface area contributed by atoms with Crippen molar-refractivity contribution in [3.63, 3.8) is 0 Å². The van der Waals surface area contributed by atoms with Crippen LogP contribution in [0.15, 0.2) is 29.2 Å². The lowest BCUT2D eigenvalue weighted by molar-refractivity contribution is 0.222. The molecule has 19 heavy (non-hydrogen) atoms. The van der Waals surface area contributed by atoms with Gasteiger partial charge in [0.1, 0.15) is 4.99 Å². The second kappa shape index (κ2) is 5.54. The van der Waals surface area contributed by atoms with Gasteiger partial charge in [0, 0.05) is 31.7 Å². The highest BCUT2D eigenvalue weighted by atomic mass is 32.2. The van der Waals surface area contributed by atoms with Gasteiger partial charge in [-0.1, -0.05) is 24.4 Å². The Hall–Kier alpha value is -1.02. The predicted octanol–water partition coefficient (Wildman–Crippen LogP) is 0.257.